The summed E-state index contributed by atoms with van der Waals surface area (Å²) in [6.45, 7) is 2.37. The highest BCUT2D eigenvalue weighted by molar-refractivity contribution is 6.06. The van der Waals surface area contributed by atoms with E-state index in [0.717, 1.165) is 53.3 Å². The fourth-order valence-corrected chi connectivity index (χ4v) is 5.13. The van der Waals surface area contributed by atoms with Crippen LogP contribution in [0.2, 0.25) is 0 Å². The molecule has 0 aromatic heterocycles. The van der Waals surface area contributed by atoms with Gasteiger partial charge in [-0.05, 0) is 48.4 Å². The smallest absolute Gasteiger partial charge is 0.314 e. The van der Waals surface area contributed by atoms with Crippen LogP contribution in [0.15, 0.2) is 54.6 Å². The first kappa shape index (κ1) is 21.5. The van der Waals surface area contributed by atoms with E-state index in [1.807, 2.05) is 49.4 Å². The molecule has 3 aromatic rings. The molecule has 1 aliphatic carbocycles. The fourth-order valence-electron chi connectivity index (χ4n) is 5.13. The second kappa shape index (κ2) is 9.26. The van der Waals surface area contributed by atoms with Crippen LogP contribution in [0, 0.1) is 5.92 Å². The molecule has 1 fully saturated rings. The maximum atomic E-state index is 12.7. The number of fused-ring (bicyclic) bond motifs is 3. The van der Waals surface area contributed by atoms with Crippen molar-refractivity contribution >= 4 is 28.3 Å². The molecule has 0 saturated heterocycles. The lowest BCUT2D eigenvalue weighted by molar-refractivity contribution is -0.140. The molecule has 1 heterocycles. The lowest BCUT2D eigenvalue weighted by Gasteiger charge is -2.28. The molecule has 1 atom stereocenters. The molecular formula is C28H29NO4. The van der Waals surface area contributed by atoms with Gasteiger partial charge in [0.1, 0.15) is 0 Å². The SMILES string of the molecule is CCOc1cc([C@@H]2CC(=O)Nc3c2ccc2ccccc32)ccc1OC(=O)C1CCCCC1. The third-order valence-corrected chi connectivity index (χ3v) is 6.81. The Balaban J connectivity index is 1.48. The van der Waals surface area contributed by atoms with Gasteiger partial charge in [0, 0.05) is 17.7 Å². The second-order valence-corrected chi connectivity index (χ2v) is 8.95. The highest BCUT2D eigenvalue weighted by Crippen LogP contribution is 2.43. The van der Waals surface area contributed by atoms with Crippen LogP contribution in [-0.2, 0) is 9.59 Å². The Labute approximate surface area is 194 Å². The lowest BCUT2D eigenvalue weighted by atomic mass is 9.83. The third kappa shape index (κ3) is 4.32. The van der Waals surface area contributed by atoms with Gasteiger partial charge in [-0.25, -0.2) is 0 Å². The van der Waals surface area contributed by atoms with Gasteiger partial charge in [0.25, 0.3) is 0 Å². The van der Waals surface area contributed by atoms with E-state index < -0.39 is 0 Å². The minimum atomic E-state index is -0.169. The number of ether oxygens (including phenoxy) is 2. The molecule has 1 N–H and O–H groups in total. The van der Waals surface area contributed by atoms with Crippen molar-refractivity contribution in [1.82, 2.24) is 0 Å². The van der Waals surface area contributed by atoms with Crippen molar-refractivity contribution in [2.24, 2.45) is 5.92 Å². The Bertz CT molecular complexity index is 1200. The van der Waals surface area contributed by atoms with Gasteiger partial charge >= 0.3 is 5.97 Å². The van der Waals surface area contributed by atoms with E-state index >= 15 is 0 Å². The van der Waals surface area contributed by atoms with Crippen LogP contribution in [0.5, 0.6) is 11.5 Å². The Morgan fingerprint density at radius 3 is 2.64 bits per heavy atom. The van der Waals surface area contributed by atoms with Crippen molar-refractivity contribution in [3.05, 3.63) is 65.7 Å². The van der Waals surface area contributed by atoms with Crippen LogP contribution in [0.25, 0.3) is 10.8 Å². The van der Waals surface area contributed by atoms with E-state index in [-0.39, 0.29) is 23.7 Å². The number of amides is 1. The fraction of sp³-hybridized carbons (Fsp3) is 0.357. The zero-order valence-corrected chi connectivity index (χ0v) is 18.9. The Hall–Kier alpha value is -3.34. The van der Waals surface area contributed by atoms with Crippen molar-refractivity contribution in [3.8, 4) is 11.5 Å². The zero-order chi connectivity index (χ0) is 22.8. The molecule has 5 rings (SSSR count). The van der Waals surface area contributed by atoms with Gasteiger partial charge in [-0.3, -0.25) is 9.59 Å². The molecule has 0 unspecified atom stereocenters. The van der Waals surface area contributed by atoms with Gasteiger partial charge < -0.3 is 14.8 Å². The quantitative estimate of drug-likeness (QED) is 0.377. The van der Waals surface area contributed by atoms with Crippen LogP contribution < -0.4 is 14.8 Å². The Morgan fingerprint density at radius 2 is 1.82 bits per heavy atom. The largest absolute Gasteiger partial charge is 0.490 e. The predicted molar refractivity (Wildman–Crippen MR) is 129 cm³/mol. The summed E-state index contributed by atoms with van der Waals surface area (Å²) in [5, 5.41) is 5.21. The summed E-state index contributed by atoms with van der Waals surface area (Å²) in [4.78, 5) is 25.4. The summed E-state index contributed by atoms with van der Waals surface area (Å²) in [5.41, 5.74) is 2.94. The average molecular weight is 444 g/mol. The van der Waals surface area contributed by atoms with Gasteiger partial charge in [0.2, 0.25) is 5.91 Å². The van der Waals surface area contributed by atoms with E-state index in [9.17, 15) is 9.59 Å². The van der Waals surface area contributed by atoms with Gasteiger partial charge in [0.05, 0.1) is 18.2 Å². The van der Waals surface area contributed by atoms with Crippen LogP contribution in [-0.4, -0.2) is 18.5 Å². The molecule has 0 spiro atoms. The predicted octanol–water partition coefficient (Wildman–Crippen LogP) is 6.20. The third-order valence-electron chi connectivity index (χ3n) is 6.81. The number of rotatable bonds is 5. The van der Waals surface area contributed by atoms with Gasteiger partial charge in [-0.1, -0.05) is 61.7 Å². The molecule has 1 amide bonds. The summed E-state index contributed by atoms with van der Waals surface area (Å²) < 4.78 is 11.6. The van der Waals surface area contributed by atoms with E-state index in [1.54, 1.807) is 0 Å². The van der Waals surface area contributed by atoms with Crippen LogP contribution >= 0.6 is 0 Å². The van der Waals surface area contributed by atoms with E-state index in [1.165, 1.54) is 6.42 Å². The van der Waals surface area contributed by atoms with Gasteiger partial charge in [0.15, 0.2) is 11.5 Å². The topological polar surface area (TPSA) is 64.6 Å². The van der Waals surface area contributed by atoms with Crippen molar-refractivity contribution in [2.75, 3.05) is 11.9 Å². The molecule has 3 aromatic carbocycles. The monoisotopic (exact) mass is 443 g/mol. The van der Waals surface area contributed by atoms with Crippen molar-refractivity contribution in [1.29, 1.82) is 0 Å². The molecule has 170 valence electrons. The zero-order valence-electron chi connectivity index (χ0n) is 18.9. The van der Waals surface area contributed by atoms with Crippen LogP contribution in [0.3, 0.4) is 0 Å². The molecular weight excluding hydrogens is 414 g/mol. The number of carbonyl (C=O) groups is 2. The second-order valence-electron chi connectivity index (χ2n) is 8.95. The number of carbonyl (C=O) groups excluding carboxylic acids is 2. The molecule has 0 radical (unpaired) electrons. The number of anilines is 1. The Morgan fingerprint density at radius 1 is 1.00 bits per heavy atom. The first-order valence-corrected chi connectivity index (χ1v) is 11.9. The minimum Gasteiger partial charge on any atom is -0.490 e. The lowest BCUT2D eigenvalue weighted by Crippen LogP contribution is -2.24. The maximum Gasteiger partial charge on any atom is 0.314 e. The molecule has 2 aliphatic rings. The summed E-state index contributed by atoms with van der Waals surface area (Å²) in [7, 11) is 0. The molecule has 1 aliphatic heterocycles. The summed E-state index contributed by atoms with van der Waals surface area (Å²) >= 11 is 0. The van der Waals surface area contributed by atoms with Gasteiger partial charge in [-0.2, -0.15) is 0 Å². The standard InChI is InChI=1S/C28H29NO4/c1-2-32-25-16-20(13-15-24(25)33-28(31)19-9-4-3-5-10-19)23-17-26(30)29-27-21-11-7-6-8-18(21)12-14-22(23)27/h6-8,11-16,19,23H,2-5,9-10,17H2,1H3,(H,29,30)/t23-/m0/s1. The molecule has 5 nitrogen and oxygen atoms in total. The molecule has 1 saturated carbocycles. The van der Waals surface area contributed by atoms with Gasteiger partial charge in [-0.15, -0.1) is 0 Å². The first-order valence-electron chi connectivity index (χ1n) is 11.9. The van der Waals surface area contributed by atoms with E-state index in [4.69, 9.17) is 9.47 Å². The Kier molecular flexibility index (Phi) is 6.03. The van der Waals surface area contributed by atoms with Crippen molar-refractivity contribution < 1.29 is 19.1 Å². The first-order chi connectivity index (χ1) is 16.1. The summed E-state index contributed by atoms with van der Waals surface area (Å²) in [6.07, 6.45) is 5.49. The normalized spacial score (nSPS) is 18.5. The summed E-state index contributed by atoms with van der Waals surface area (Å²) in [6, 6.07) is 18.0. The number of esters is 1. The van der Waals surface area contributed by atoms with Crippen LogP contribution in [0.1, 0.15) is 62.5 Å². The number of nitrogens with one attached hydrogen (secondary N) is 1. The highest BCUT2D eigenvalue weighted by Gasteiger charge is 2.29. The highest BCUT2D eigenvalue weighted by atomic mass is 16.6. The minimum absolute atomic E-state index is 0.00499. The van der Waals surface area contributed by atoms with E-state index in [2.05, 4.69) is 17.4 Å². The summed E-state index contributed by atoms with van der Waals surface area (Å²) in [5.74, 6) is 0.699. The van der Waals surface area contributed by atoms with Crippen LogP contribution in [0.4, 0.5) is 5.69 Å². The maximum absolute atomic E-state index is 12.7. The number of benzene rings is 3. The average Bonchev–Trinajstić information content (AvgIpc) is 2.85. The molecule has 5 heteroatoms. The van der Waals surface area contributed by atoms with Crippen molar-refractivity contribution in [3.63, 3.8) is 0 Å². The van der Waals surface area contributed by atoms with E-state index in [0.29, 0.717) is 24.5 Å². The molecule has 33 heavy (non-hydrogen) atoms. The number of hydrogen-bond donors (Lipinski definition) is 1. The molecule has 0 bridgehead atoms. The van der Waals surface area contributed by atoms with Crippen molar-refractivity contribution in [2.45, 2.75) is 51.4 Å². The number of hydrogen-bond acceptors (Lipinski definition) is 4.